The lowest BCUT2D eigenvalue weighted by atomic mass is 9.84. The number of hydrogen-bond acceptors (Lipinski definition) is 5. The van der Waals surface area contributed by atoms with Crippen molar-refractivity contribution in [3.63, 3.8) is 0 Å². The Balaban J connectivity index is 0.00000364. The minimum absolute atomic E-state index is 0. The molecule has 2 atom stereocenters. The molecular weight excluding hydrogens is 368 g/mol. The first kappa shape index (κ1) is 23.7. The number of rotatable bonds is 8. The van der Waals surface area contributed by atoms with Gasteiger partial charge in [0, 0.05) is 30.4 Å². The predicted molar refractivity (Wildman–Crippen MR) is 107 cm³/mol. The van der Waals surface area contributed by atoms with Gasteiger partial charge in [0.25, 0.3) is 0 Å². The molecule has 0 saturated heterocycles. The van der Waals surface area contributed by atoms with Crippen LogP contribution in [0.25, 0.3) is 0 Å². The number of ether oxygens (including phenoxy) is 1. The van der Waals surface area contributed by atoms with Gasteiger partial charge in [-0.25, -0.2) is 4.79 Å². The van der Waals surface area contributed by atoms with E-state index >= 15 is 0 Å². The summed E-state index contributed by atoms with van der Waals surface area (Å²) in [7, 11) is 0. The molecule has 0 unspecified atom stereocenters. The van der Waals surface area contributed by atoms with E-state index in [4.69, 9.17) is 10.5 Å². The van der Waals surface area contributed by atoms with E-state index < -0.39 is 17.6 Å². The molecule has 0 amide bonds. The van der Waals surface area contributed by atoms with Crippen molar-refractivity contribution in [3.8, 4) is 5.75 Å². The first-order valence-electron chi connectivity index (χ1n) is 9.53. The lowest BCUT2D eigenvalue weighted by Crippen LogP contribution is -2.56. The number of carboxylic acid groups (broad SMARTS) is 1. The third kappa shape index (κ3) is 6.63. The Kier molecular flexibility index (Phi) is 8.99. The largest absolute Gasteiger partial charge is 0.490 e. The standard InChI is InChI=1S/C20H32N2O4.ClH/c1-13(2)10-18(21)20(25,19(23)24)12-15-11-17(8-9-22-15)26-16-6-4-14(3)5-7-16;/h8-9,11,13-14,16,18,25H,4-7,10,12,21H2,1-3H3,(H,23,24);1H/t14-,16-,18-,20+;/m1./s1. The molecule has 0 aliphatic heterocycles. The predicted octanol–water partition coefficient (Wildman–Crippen LogP) is 3.19. The average molecular weight is 401 g/mol. The minimum Gasteiger partial charge on any atom is -0.490 e. The molecule has 2 rings (SSSR count). The molecule has 0 aromatic carbocycles. The zero-order valence-electron chi connectivity index (χ0n) is 16.4. The Labute approximate surface area is 167 Å². The fourth-order valence-electron chi connectivity index (χ4n) is 3.51. The summed E-state index contributed by atoms with van der Waals surface area (Å²) in [5, 5.41) is 20.2. The molecule has 1 fully saturated rings. The first-order valence-corrected chi connectivity index (χ1v) is 9.53. The lowest BCUT2D eigenvalue weighted by molar-refractivity contribution is -0.161. The van der Waals surface area contributed by atoms with E-state index in [9.17, 15) is 15.0 Å². The van der Waals surface area contributed by atoms with Crippen molar-refractivity contribution in [2.24, 2.45) is 17.6 Å². The molecule has 27 heavy (non-hydrogen) atoms. The molecule has 1 aliphatic carbocycles. The van der Waals surface area contributed by atoms with Gasteiger partial charge in [-0.2, -0.15) is 0 Å². The highest BCUT2D eigenvalue weighted by molar-refractivity contribution is 5.85. The van der Waals surface area contributed by atoms with Crippen molar-refractivity contribution in [1.29, 1.82) is 0 Å². The van der Waals surface area contributed by atoms with Gasteiger partial charge in [0.1, 0.15) is 5.75 Å². The Morgan fingerprint density at radius 2 is 2.00 bits per heavy atom. The quantitative estimate of drug-likeness (QED) is 0.618. The summed E-state index contributed by atoms with van der Waals surface area (Å²) in [5.74, 6) is 0.280. The molecule has 1 aliphatic rings. The summed E-state index contributed by atoms with van der Waals surface area (Å²) in [6.45, 7) is 6.15. The molecular formula is C20H33ClN2O4. The van der Waals surface area contributed by atoms with Crippen LogP contribution in [0.2, 0.25) is 0 Å². The molecule has 1 aromatic heterocycles. The lowest BCUT2D eigenvalue weighted by Gasteiger charge is -2.31. The van der Waals surface area contributed by atoms with Crippen molar-refractivity contribution in [2.45, 2.75) is 77.0 Å². The smallest absolute Gasteiger partial charge is 0.337 e. The van der Waals surface area contributed by atoms with Gasteiger partial charge < -0.3 is 20.7 Å². The highest BCUT2D eigenvalue weighted by Crippen LogP contribution is 2.28. The normalized spacial score (nSPS) is 23.2. The summed E-state index contributed by atoms with van der Waals surface area (Å²) in [5.41, 5.74) is 4.44. The van der Waals surface area contributed by atoms with E-state index in [2.05, 4.69) is 11.9 Å². The van der Waals surface area contributed by atoms with Crippen molar-refractivity contribution < 1.29 is 19.7 Å². The van der Waals surface area contributed by atoms with Gasteiger partial charge in [-0.15, -0.1) is 12.4 Å². The maximum Gasteiger partial charge on any atom is 0.337 e. The maximum absolute atomic E-state index is 11.7. The molecule has 7 heteroatoms. The van der Waals surface area contributed by atoms with Gasteiger partial charge in [-0.05, 0) is 50.0 Å². The van der Waals surface area contributed by atoms with E-state index in [0.717, 1.165) is 31.6 Å². The van der Waals surface area contributed by atoms with Gasteiger partial charge in [-0.3, -0.25) is 4.98 Å². The van der Waals surface area contributed by atoms with Crippen LogP contribution in [-0.4, -0.2) is 38.9 Å². The molecule has 0 radical (unpaired) electrons. The van der Waals surface area contributed by atoms with Crippen LogP contribution in [-0.2, 0) is 11.2 Å². The summed E-state index contributed by atoms with van der Waals surface area (Å²) >= 11 is 0. The van der Waals surface area contributed by atoms with Crippen LogP contribution in [0.1, 0.15) is 58.6 Å². The Morgan fingerprint density at radius 1 is 1.37 bits per heavy atom. The highest BCUT2D eigenvalue weighted by Gasteiger charge is 2.43. The second kappa shape index (κ2) is 10.2. The number of nitrogens with zero attached hydrogens (tertiary/aromatic N) is 1. The first-order chi connectivity index (χ1) is 12.2. The topological polar surface area (TPSA) is 106 Å². The van der Waals surface area contributed by atoms with Crippen molar-refractivity contribution >= 4 is 18.4 Å². The molecule has 1 heterocycles. The van der Waals surface area contributed by atoms with Crippen LogP contribution in [0, 0.1) is 11.8 Å². The van der Waals surface area contributed by atoms with E-state index in [1.807, 2.05) is 13.8 Å². The third-order valence-corrected chi connectivity index (χ3v) is 5.21. The van der Waals surface area contributed by atoms with E-state index in [1.54, 1.807) is 18.3 Å². The van der Waals surface area contributed by atoms with Crippen molar-refractivity contribution in [1.82, 2.24) is 4.98 Å². The fourth-order valence-corrected chi connectivity index (χ4v) is 3.51. The summed E-state index contributed by atoms with van der Waals surface area (Å²) in [6.07, 6.45) is 6.41. The number of nitrogens with two attached hydrogens (primary N) is 1. The number of halogens is 1. The van der Waals surface area contributed by atoms with E-state index in [0.29, 0.717) is 17.9 Å². The number of hydrogen-bond donors (Lipinski definition) is 3. The zero-order valence-corrected chi connectivity index (χ0v) is 17.2. The van der Waals surface area contributed by atoms with Crippen LogP contribution in [0.5, 0.6) is 5.75 Å². The number of aliphatic carboxylic acids is 1. The molecule has 6 nitrogen and oxygen atoms in total. The molecule has 4 N–H and O–H groups in total. The number of aliphatic hydroxyl groups is 1. The summed E-state index contributed by atoms with van der Waals surface area (Å²) in [6, 6.07) is 2.62. The molecule has 0 bridgehead atoms. The van der Waals surface area contributed by atoms with Gasteiger partial charge in [0.2, 0.25) is 0 Å². The number of carboxylic acids is 1. The second-order valence-corrected chi connectivity index (χ2v) is 8.12. The Hall–Kier alpha value is -1.37. The minimum atomic E-state index is -2.05. The number of aromatic nitrogens is 1. The summed E-state index contributed by atoms with van der Waals surface area (Å²) < 4.78 is 6.04. The van der Waals surface area contributed by atoms with Crippen LogP contribution in [0.3, 0.4) is 0 Å². The third-order valence-electron chi connectivity index (χ3n) is 5.21. The van der Waals surface area contributed by atoms with E-state index in [1.165, 1.54) is 0 Å². The van der Waals surface area contributed by atoms with Crippen molar-refractivity contribution in [2.75, 3.05) is 0 Å². The molecule has 1 aromatic rings. The number of pyridine rings is 1. The average Bonchev–Trinajstić information content (AvgIpc) is 2.56. The molecule has 154 valence electrons. The van der Waals surface area contributed by atoms with Gasteiger partial charge in [0.05, 0.1) is 6.10 Å². The van der Waals surface area contributed by atoms with Gasteiger partial charge >= 0.3 is 5.97 Å². The van der Waals surface area contributed by atoms with E-state index in [-0.39, 0.29) is 30.8 Å². The number of carbonyl (C=O) groups is 1. The van der Waals surface area contributed by atoms with Crippen LogP contribution in [0.4, 0.5) is 0 Å². The van der Waals surface area contributed by atoms with Crippen LogP contribution < -0.4 is 10.5 Å². The fraction of sp³-hybridized carbons (Fsp3) is 0.700. The van der Waals surface area contributed by atoms with Gasteiger partial charge in [-0.1, -0.05) is 20.8 Å². The molecule has 1 saturated carbocycles. The van der Waals surface area contributed by atoms with Crippen LogP contribution in [0.15, 0.2) is 18.3 Å². The SMILES string of the molecule is CC(C)C[C@@H](N)[C@@](O)(Cc1cc(O[C@H]2CC[C@H](C)CC2)ccn1)C(=O)O.Cl. The maximum atomic E-state index is 11.7. The van der Waals surface area contributed by atoms with Crippen molar-refractivity contribution in [3.05, 3.63) is 24.0 Å². The van der Waals surface area contributed by atoms with Crippen LogP contribution >= 0.6 is 12.4 Å². The zero-order chi connectivity index (χ0) is 19.3. The van der Waals surface area contributed by atoms with Gasteiger partial charge in [0.15, 0.2) is 5.60 Å². The molecule has 0 spiro atoms. The summed E-state index contributed by atoms with van der Waals surface area (Å²) in [4.78, 5) is 15.9. The Bertz CT molecular complexity index is 605. The second-order valence-electron chi connectivity index (χ2n) is 8.12. The Morgan fingerprint density at radius 3 is 2.56 bits per heavy atom. The monoisotopic (exact) mass is 400 g/mol. The highest BCUT2D eigenvalue weighted by atomic mass is 35.5.